The third-order valence-electron chi connectivity index (χ3n) is 3.63. The molecule has 2 aliphatic rings. The Labute approximate surface area is 114 Å². The fourth-order valence-electron chi connectivity index (χ4n) is 2.68. The summed E-state index contributed by atoms with van der Waals surface area (Å²) in [5, 5.41) is -0.0494. The number of hydrogen-bond donors (Lipinski definition) is 0. The molecule has 2 aliphatic heterocycles. The molecule has 4 nitrogen and oxygen atoms in total. The molecule has 0 radical (unpaired) electrons. The molecular weight excluding hydrogens is 271 g/mol. The maximum Gasteiger partial charge on any atom is 0.250 e. The van der Waals surface area contributed by atoms with Crippen LogP contribution in [0.1, 0.15) is 12.8 Å². The van der Waals surface area contributed by atoms with Crippen LogP contribution in [0.25, 0.3) is 0 Å². The Kier molecular flexibility index (Phi) is 2.93. The summed E-state index contributed by atoms with van der Waals surface area (Å²) in [6.45, 7) is 0.643. The van der Waals surface area contributed by atoms with Crippen molar-refractivity contribution in [1.29, 1.82) is 0 Å². The molecule has 19 heavy (non-hydrogen) atoms. The summed E-state index contributed by atoms with van der Waals surface area (Å²) in [6, 6.07) is 3.69. The topological polar surface area (TPSA) is 40.6 Å². The smallest absolute Gasteiger partial charge is 0.250 e. The van der Waals surface area contributed by atoms with Crippen molar-refractivity contribution in [2.75, 3.05) is 18.0 Å². The molecule has 2 heterocycles. The summed E-state index contributed by atoms with van der Waals surface area (Å²) in [7, 11) is 0. The van der Waals surface area contributed by atoms with Crippen LogP contribution in [0.15, 0.2) is 18.2 Å². The van der Waals surface area contributed by atoms with E-state index in [0.717, 1.165) is 6.42 Å². The van der Waals surface area contributed by atoms with Crippen molar-refractivity contribution >= 4 is 29.1 Å². The van der Waals surface area contributed by atoms with E-state index in [4.69, 9.17) is 11.6 Å². The number of carbonyl (C=O) groups is 2. The maximum absolute atomic E-state index is 13.1. The van der Waals surface area contributed by atoms with Gasteiger partial charge in [-0.3, -0.25) is 9.59 Å². The van der Waals surface area contributed by atoms with Gasteiger partial charge in [0.15, 0.2) is 0 Å². The van der Waals surface area contributed by atoms with E-state index in [1.54, 1.807) is 4.90 Å². The zero-order chi connectivity index (χ0) is 13.6. The van der Waals surface area contributed by atoms with Gasteiger partial charge in [-0.05, 0) is 31.0 Å². The van der Waals surface area contributed by atoms with Crippen molar-refractivity contribution in [2.24, 2.45) is 0 Å². The number of hydrogen-bond acceptors (Lipinski definition) is 2. The molecule has 0 N–H and O–H groups in total. The average Bonchev–Trinajstić information content (AvgIpc) is 2.87. The van der Waals surface area contributed by atoms with Crippen molar-refractivity contribution < 1.29 is 14.0 Å². The summed E-state index contributed by atoms with van der Waals surface area (Å²) in [5.41, 5.74) is 0.469. The molecule has 6 heteroatoms. The van der Waals surface area contributed by atoms with Crippen molar-refractivity contribution in [2.45, 2.75) is 18.9 Å². The van der Waals surface area contributed by atoms with Gasteiger partial charge < -0.3 is 9.80 Å². The first-order valence-electron chi connectivity index (χ1n) is 6.14. The lowest BCUT2D eigenvalue weighted by atomic mass is 10.1. The minimum absolute atomic E-state index is 0.00268. The standard InChI is InChI=1S/C13H12ClFN2O2/c14-9-6-8(3-4-10(9)15)17-7-12(18)16-5-1-2-11(16)13(17)19/h3-4,6,11H,1-2,5,7H2. The minimum Gasteiger partial charge on any atom is -0.329 e. The molecule has 1 aromatic carbocycles. The largest absolute Gasteiger partial charge is 0.329 e. The Hall–Kier alpha value is -1.62. The van der Waals surface area contributed by atoms with Crippen LogP contribution in [0.4, 0.5) is 10.1 Å². The normalized spacial score (nSPS) is 22.9. The van der Waals surface area contributed by atoms with Crippen molar-refractivity contribution in [1.82, 2.24) is 4.90 Å². The Balaban J connectivity index is 1.94. The summed E-state index contributed by atoms with van der Waals surface area (Å²) in [4.78, 5) is 27.3. The summed E-state index contributed by atoms with van der Waals surface area (Å²) in [6.07, 6.45) is 1.54. The fraction of sp³-hybridized carbons (Fsp3) is 0.385. The molecular formula is C13H12ClFN2O2. The second-order valence-electron chi connectivity index (χ2n) is 4.77. The first-order chi connectivity index (χ1) is 9.08. The van der Waals surface area contributed by atoms with E-state index >= 15 is 0 Å². The molecule has 0 saturated carbocycles. The van der Waals surface area contributed by atoms with Gasteiger partial charge in [0.2, 0.25) is 11.8 Å². The molecule has 3 rings (SSSR count). The molecule has 2 amide bonds. The second kappa shape index (κ2) is 4.49. The van der Waals surface area contributed by atoms with Crippen LogP contribution >= 0.6 is 11.6 Å². The van der Waals surface area contributed by atoms with E-state index < -0.39 is 5.82 Å². The molecule has 2 fully saturated rings. The summed E-state index contributed by atoms with van der Waals surface area (Å²) in [5.74, 6) is -0.717. The molecule has 100 valence electrons. The van der Waals surface area contributed by atoms with Gasteiger partial charge in [0.05, 0.1) is 5.02 Å². The van der Waals surface area contributed by atoms with E-state index in [1.165, 1.54) is 23.1 Å². The average molecular weight is 283 g/mol. The van der Waals surface area contributed by atoms with E-state index in [-0.39, 0.29) is 29.4 Å². The zero-order valence-electron chi connectivity index (χ0n) is 10.1. The van der Waals surface area contributed by atoms with Crippen LogP contribution in [0.3, 0.4) is 0 Å². The van der Waals surface area contributed by atoms with E-state index in [1.807, 2.05) is 0 Å². The summed E-state index contributed by atoms with van der Waals surface area (Å²) < 4.78 is 13.1. The first kappa shape index (κ1) is 12.4. The minimum atomic E-state index is -0.538. The third kappa shape index (κ3) is 1.98. The highest BCUT2D eigenvalue weighted by Gasteiger charge is 2.42. The van der Waals surface area contributed by atoms with Gasteiger partial charge in [0.1, 0.15) is 18.4 Å². The molecule has 1 unspecified atom stereocenters. The van der Waals surface area contributed by atoms with E-state index in [9.17, 15) is 14.0 Å². The molecule has 0 spiro atoms. The van der Waals surface area contributed by atoms with Gasteiger partial charge in [0, 0.05) is 12.2 Å². The number of fused-ring (bicyclic) bond motifs is 1. The molecule has 2 saturated heterocycles. The number of amides is 2. The number of halogens is 2. The molecule has 1 atom stereocenters. The monoisotopic (exact) mass is 282 g/mol. The van der Waals surface area contributed by atoms with Crippen LogP contribution in [0, 0.1) is 5.82 Å². The number of benzene rings is 1. The lowest BCUT2D eigenvalue weighted by molar-refractivity contribution is -0.140. The Morgan fingerprint density at radius 2 is 2.11 bits per heavy atom. The SMILES string of the molecule is O=C1C2CCCN2C(=O)CN1c1ccc(F)c(Cl)c1. The van der Waals surface area contributed by atoms with Crippen LogP contribution in [0.5, 0.6) is 0 Å². The van der Waals surface area contributed by atoms with Crippen molar-refractivity contribution in [3.63, 3.8) is 0 Å². The molecule has 0 bridgehead atoms. The highest BCUT2D eigenvalue weighted by Crippen LogP contribution is 2.29. The van der Waals surface area contributed by atoms with E-state index in [2.05, 4.69) is 0 Å². The second-order valence-corrected chi connectivity index (χ2v) is 5.18. The number of rotatable bonds is 1. The quantitative estimate of drug-likeness (QED) is 0.788. The lowest BCUT2D eigenvalue weighted by Gasteiger charge is -2.36. The number of carbonyl (C=O) groups excluding carboxylic acids is 2. The number of nitrogens with zero attached hydrogens (tertiary/aromatic N) is 2. The highest BCUT2D eigenvalue weighted by atomic mass is 35.5. The van der Waals surface area contributed by atoms with Gasteiger partial charge in [-0.1, -0.05) is 11.6 Å². The molecule has 0 aliphatic carbocycles. The fourth-order valence-corrected chi connectivity index (χ4v) is 2.85. The van der Waals surface area contributed by atoms with E-state index in [0.29, 0.717) is 18.7 Å². The highest BCUT2D eigenvalue weighted by molar-refractivity contribution is 6.31. The predicted molar refractivity (Wildman–Crippen MR) is 68.5 cm³/mol. The Morgan fingerprint density at radius 3 is 2.84 bits per heavy atom. The van der Waals surface area contributed by atoms with Crippen molar-refractivity contribution in [3.8, 4) is 0 Å². The van der Waals surface area contributed by atoms with Crippen LogP contribution in [0.2, 0.25) is 5.02 Å². The third-order valence-corrected chi connectivity index (χ3v) is 3.92. The molecule has 1 aromatic rings. The van der Waals surface area contributed by atoms with Gasteiger partial charge in [0.25, 0.3) is 0 Å². The van der Waals surface area contributed by atoms with Crippen molar-refractivity contribution in [3.05, 3.63) is 29.0 Å². The zero-order valence-corrected chi connectivity index (χ0v) is 10.9. The van der Waals surface area contributed by atoms with Gasteiger partial charge >= 0.3 is 0 Å². The number of anilines is 1. The van der Waals surface area contributed by atoms with Crippen LogP contribution in [-0.4, -0.2) is 35.8 Å². The van der Waals surface area contributed by atoms with Gasteiger partial charge in [-0.25, -0.2) is 4.39 Å². The lowest BCUT2D eigenvalue weighted by Crippen LogP contribution is -2.57. The Bertz CT molecular complexity index is 564. The molecule has 0 aromatic heterocycles. The van der Waals surface area contributed by atoms with Crippen LogP contribution in [-0.2, 0) is 9.59 Å². The van der Waals surface area contributed by atoms with Gasteiger partial charge in [-0.15, -0.1) is 0 Å². The first-order valence-corrected chi connectivity index (χ1v) is 6.51. The van der Waals surface area contributed by atoms with Crippen LogP contribution < -0.4 is 4.90 Å². The van der Waals surface area contributed by atoms with Gasteiger partial charge in [-0.2, -0.15) is 0 Å². The maximum atomic E-state index is 13.1. The summed E-state index contributed by atoms with van der Waals surface area (Å²) >= 11 is 5.72. The Morgan fingerprint density at radius 1 is 1.32 bits per heavy atom. The predicted octanol–water partition coefficient (Wildman–Crippen LogP) is 1.82. The number of piperazine rings is 1.